The summed E-state index contributed by atoms with van der Waals surface area (Å²) in [5, 5.41) is 7.47. The van der Waals surface area contributed by atoms with E-state index in [-0.39, 0.29) is 0 Å². The second kappa shape index (κ2) is 1.73. The number of hydrogen-bond donors (Lipinski definition) is 0. The lowest BCUT2D eigenvalue weighted by molar-refractivity contribution is 1.06. The van der Waals surface area contributed by atoms with Crippen LogP contribution in [0.1, 0.15) is 0 Å². The first kappa shape index (κ1) is 4.81. The topological polar surface area (TPSA) is 38.7 Å². The molecule has 0 unspecified atom stereocenters. The summed E-state index contributed by atoms with van der Waals surface area (Å²) in [4.78, 5) is 3.96. The van der Waals surface area contributed by atoms with Crippen LogP contribution < -0.4 is 0 Å². The summed E-state index contributed by atoms with van der Waals surface area (Å²) < 4.78 is 1.09. The summed E-state index contributed by atoms with van der Waals surface area (Å²) in [6, 6.07) is 1.90. The minimum absolute atomic E-state index is 0.738. The van der Waals surface area contributed by atoms with E-state index in [0.29, 0.717) is 0 Å². The Morgan fingerprint density at radius 3 is 3.33 bits per heavy atom. The summed E-state index contributed by atoms with van der Waals surface area (Å²) in [5.41, 5.74) is 2.50. The van der Waals surface area contributed by atoms with Crippen molar-refractivity contribution in [1.82, 2.24) is 15.2 Å². The highest BCUT2D eigenvalue weighted by Crippen LogP contribution is 2.11. The lowest BCUT2D eigenvalue weighted by Gasteiger charge is -1.78. The normalized spacial score (nSPS) is 10.2. The van der Waals surface area contributed by atoms with Crippen molar-refractivity contribution in [3.05, 3.63) is 17.8 Å². The molecule has 2 aromatic heterocycles. The third kappa shape index (κ3) is 0.675. The first-order chi connectivity index (χ1) is 4.47. The smallest absolute Gasteiger partial charge is 0.192 e. The molecule has 4 heteroatoms. The minimum Gasteiger partial charge on any atom is -0.223 e. The average Bonchev–Trinajstić information content (AvgIpc) is 2.33. The molecule has 0 radical (unpaired) electrons. The van der Waals surface area contributed by atoms with Gasteiger partial charge in [0.05, 0.1) is 16.4 Å². The molecule has 0 amide bonds. The van der Waals surface area contributed by atoms with Gasteiger partial charge in [-0.05, 0) is 6.07 Å². The zero-order valence-electron chi connectivity index (χ0n) is 4.48. The van der Waals surface area contributed by atoms with Gasteiger partial charge in [0.25, 0.3) is 0 Å². The highest BCUT2D eigenvalue weighted by molar-refractivity contribution is 7.16. The van der Waals surface area contributed by atoms with Gasteiger partial charge in [-0.1, -0.05) is 0 Å². The van der Waals surface area contributed by atoms with E-state index in [2.05, 4.69) is 15.2 Å². The molecule has 0 saturated carbocycles. The number of rotatable bonds is 0. The number of thiazole rings is 1. The molecule has 0 spiro atoms. The third-order valence-corrected chi connectivity index (χ3v) is 1.80. The van der Waals surface area contributed by atoms with Crippen LogP contribution in [0.4, 0.5) is 0 Å². The van der Waals surface area contributed by atoms with Crippen LogP contribution in [0.3, 0.4) is 0 Å². The molecule has 0 aliphatic carbocycles. The predicted molar refractivity (Wildman–Crippen MR) is 35.2 cm³/mol. The van der Waals surface area contributed by atoms with Gasteiger partial charge in [-0.25, -0.2) is 4.98 Å². The summed E-state index contributed by atoms with van der Waals surface area (Å²) in [7, 11) is 0. The summed E-state index contributed by atoms with van der Waals surface area (Å²) in [6.07, 6.45) is 1.67. The van der Waals surface area contributed by atoms with Crippen molar-refractivity contribution in [3.63, 3.8) is 0 Å². The quantitative estimate of drug-likeness (QED) is 0.545. The average molecular weight is 137 g/mol. The van der Waals surface area contributed by atoms with Crippen LogP contribution in [-0.4, -0.2) is 15.2 Å². The highest BCUT2D eigenvalue weighted by Gasteiger charge is 1.92. The Morgan fingerprint density at radius 1 is 1.44 bits per heavy atom. The summed E-state index contributed by atoms with van der Waals surface area (Å²) in [6.45, 7) is 0. The van der Waals surface area contributed by atoms with Gasteiger partial charge in [0.15, 0.2) is 5.65 Å². The highest BCUT2D eigenvalue weighted by atomic mass is 32.1. The van der Waals surface area contributed by atoms with Crippen LogP contribution in [0.5, 0.6) is 0 Å². The maximum absolute atomic E-state index is 3.96. The van der Waals surface area contributed by atoms with E-state index >= 15 is 0 Å². The fraction of sp³-hybridized carbons (Fsp3) is 0. The van der Waals surface area contributed by atoms with Gasteiger partial charge in [0.2, 0.25) is 0 Å². The largest absolute Gasteiger partial charge is 0.223 e. The van der Waals surface area contributed by atoms with Gasteiger partial charge in [0.1, 0.15) is 0 Å². The molecule has 0 aliphatic heterocycles. The Kier molecular flexibility index (Phi) is 0.927. The fourth-order valence-electron chi connectivity index (χ4n) is 0.627. The molecular formula is C5H3N3S. The Morgan fingerprint density at radius 2 is 2.44 bits per heavy atom. The molecule has 2 aromatic rings. The molecule has 0 saturated heterocycles. The molecule has 0 aliphatic rings. The van der Waals surface area contributed by atoms with E-state index < -0.39 is 0 Å². The predicted octanol–water partition coefficient (Wildman–Crippen LogP) is 1.09. The number of aromatic nitrogens is 3. The van der Waals surface area contributed by atoms with E-state index in [1.165, 1.54) is 0 Å². The second-order valence-corrected chi connectivity index (χ2v) is 2.46. The van der Waals surface area contributed by atoms with Gasteiger partial charge < -0.3 is 0 Å². The van der Waals surface area contributed by atoms with E-state index in [1.807, 2.05) is 6.07 Å². The molecule has 9 heavy (non-hydrogen) atoms. The standard InChI is InChI=1S/C5H3N3S/c1-2-7-8-5-4(1)9-3-6-5/h1-3H. The molecule has 0 fully saturated rings. The van der Waals surface area contributed by atoms with Gasteiger partial charge in [0, 0.05) is 0 Å². The molecule has 2 rings (SSSR count). The fourth-order valence-corrected chi connectivity index (χ4v) is 1.23. The first-order valence-corrected chi connectivity index (χ1v) is 3.36. The van der Waals surface area contributed by atoms with Crippen LogP contribution in [-0.2, 0) is 0 Å². The van der Waals surface area contributed by atoms with E-state index in [9.17, 15) is 0 Å². The third-order valence-electron chi connectivity index (χ3n) is 1.02. The van der Waals surface area contributed by atoms with Crippen LogP contribution >= 0.6 is 11.3 Å². The van der Waals surface area contributed by atoms with Crippen molar-refractivity contribution in [2.24, 2.45) is 0 Å². The van der Waals surface area contributed by atoms with Crippen molar-refractivity contribution in [2.45, 2.75) is 0 Å². The Bertz CT molecular complexity index is 286. The monoisotopic (exact) mass is 137 g/mol. The van der Waals surface area contributed by atoms with Crippen LogP contribution in [0.15, 0.2) is 17.8 Å². The Hall–Kier alpha value is -1.03. The number of nitrogens with zero attached hydrogens (tertiary/aromatic N) is 3. The van der Waals surface area contributed by atoms with E-state index in [0.717, 1.165) is 10.3 Å². The minimum atomic E-state index is 0.738. The zero-order chi connectivity index (χ0) is 6.10. The lowest BCUT2D eigenvalue weighted by Crippen LogP contribution is -1.77. The first-order valence-electron chi connectivity index (χ1n) is 2.48. The van der Waals surface area contributed by atoms with E-state index in [4.69, 9.17) is 0 Å². The van der Waals surface area contributed by atoms with Gasteiger partial charge in [-0.2, -0.15) is 5.10 Å². The van der Waals surface area contributed by atoms with Crippen molar-refractivity contribution >= 4 is 21.7 Å². The molecule has 0 bridgehead atoms. The molecule has 3 nitrogen and oxygen atoms in total. The number of fused-ring (bicyclic) bond motifs is 1. The SMILES string of the molecule is c1cc2scnc2nn1. The molecule has 0 aromatic carbocycles. The second-order valence-electron chi connectivity index (χ2n) is 1.57. The summed E-state index contributed by atoms with van der Waals surface area (Å²) in [5.74, 6) is 0. The molecule has 2 heterocycles. The number of hydrogen-bond acceptors (Lipinski definition) is 4. The molecule has 0 atom stereocenters. The van der Waals surface area contributed by atoms with Crippen molar-refractivity contribution < 1.29 is 0 Å². The van der Waals surface area contributed by atoms with Gasteiger partial charge in [-0.15, -0.1) is 16.4 Å². The maximum Gasteiger partial charge on any atom is 0.192 e. The molecule has 0 N–H and O–H groups in total. The molecule has 44 valence electrons. The maximum atomic E-state index is 3.96. The summed E-state index contributed by atoms with van der Waals surface area (Å²) >= 11 is 1.57. The van der Waals surface area contributed by atoms with Gasteiger partial charge >= 0.3 is 0 Å². The van der Waals surface area contributed by atoms with Crippen LogP contribution in [0.2, 0.25) is 0 Å². The van der Waals surface area contributed by atoms with Gasteiger partial charge in [-0.3, -0.25) is 0 Å². The van der Waals surface area contributed by atoms with E-state index in [1.54, 1.807) is 23.0 Å². The van der Waals surface area contributed by atoms with Crippen LogP contribution in [0.25, 0.3) is 10.3 Å². The van der Waals surface area contributed by atoms with Crippen LogP contribution in [0, 0.1) is 0 Å². The zero-order valence-corrected chi connectivity index (χ0v) is 5.30. The lowest BCUT2D eigenvalue weighted by atomic mass is 10.6. The Balaban J connectivity index is 2.95. The van der Waals surface area contributed by atoms with Crippen molar-refractivity contribution in [3.8, 4) is 0 Å². The Labute approximate surface area is 55.4 Å². The molecular weight excluding hydrogens is 134 g/mol. The van der Waals surface area contributed by atoms with Crippen molar-refractivity contribution in [1.29, 1.82) is 0 Å². The van der Waals surface area contributed by atoms with Crippen molar-refractivity contribution in [2.75, 3.05) is 0 Å².